The van der Waals surface area contributed by atoms with Crippen molar-refractivity contribution in [3.8, 4) is 5.69 Å². The molecule has 1 atom stereocenters. The van der Waals surface area contributed by atoms with E-state index in [0.717, 1.165) is 58.5 Å². The third kappa shape index (κ3) is 5.08. The van der Waals surface area contributed by atoms with Gasteiger partial charge < -0.3 is 5.32 Å². The van der Waals surface area contributed by atoms with Crippen LogP contribution in [0.1, 0.15) is 29.8 Å². The van der Waals surface area contributed by atoms with Crippen LogP contribution in [0, 0.1) is 12.8 Å². The van der Waals surface area contributed by atoms with Crippen LogP contribution in [-0.4, -0.2) is 33.4 Å². The average molecular weight is 517 g/mol. The summed E-state index contributed by atoms with van der Waals surface area (Å²) in [5.74, 6) is 1.15. The number of carbonyl (C=O) groups is 1. The Morgan fingerprint density at radius 1 is 1.09 bits per heavy atom. The summed E-state index contributed by atoms with van der Waals surface area (Å²) >= 11 is 3.61. The second-order valence-electron chi connectivity index (χ2n) is 9.11. The molecule has 0 bridgehead atoms. The Hall–Kier alpha value is -2.96. The number of hydrogen-bond acceptors (Lipinski definition) is 3. The van der Waals surface area contributed by atoms with E-state index in [9.17, 15) is 4.79 Å². The normalized spacial score (nSPS) is 16.6. The predicted molar refractivity (Wildman–Crippen MR) is 140 cm³/mol. The molecule has 0 saturated carbocycles. The first-order chi connectivity index (χ1) is 16.6. The van der Waals surface area contributed by atoms with Crippen LogP contribution in [0.5, 0.6) is 0 Å². The molecule has 6 heteroatoms. The van der Waals surface area contributed by atoms with Gasteiger partial charge in [0.25, 0.3) is 0 Å². The van der Waals surface area contributed by atoms with E-state index < -0.39 is 0 Å². The minimum atomic E-state index is 0.00268. The summed E-state index contributed by atoms with van der Waals surface area (Å²) in [5, 5.41) is 3.15. The maximum absolute atomic E-state index is 12.9. The van der Waals surface area contributed by atoms with Crippen LogP contribution in [0.3, 0.4) is 0 Å². The largest absolute Gasteiger partial charge is 0.352 e. The first-order valence-corrected chi connectivity index (χ1v) is 12.6. The highest BCUT2D eigenvalue weighted by molar-refractivity contribution is 9.10. The third-order valence-corrected chi connectivity index (χ3v) is 7.02. The van der Waals surface area contributed by atoms with Crippen LogP contribution in [0.25, 0.3) is 16.7 Å². The molecule has 1 saturated heterocycles. The molecule has 1 aliphatic rings. The second kappa shape index (κ2) is 10.1. The minimum Gasteiger partial charge on any atom is -0.352 e. The monoisotopic (exact) mass is 516 g/mol. The lowest BCUT2D eigenvalue weighted by molar-refractivity contribution is -0.127. The number of fused-ring (bicyclic) bond motifs is 1. The molecule has 1 N–H and O–H groups in total. The van der Waals surface area contributed by atoms with Gasteiger partial charge in [0.05, 0.1) is 23.5 Å². The number of piperidine rings is 1. The molecule has 1 aromatic heterocycles. The number of nitrogens with zero attached hydrogens (tertiary/aromatic N) is 3. The number of nitrogens with one attached hydrogen (secondary N) is 1. The quantitative estimate of drug-likeness (QED) is 0.361. The van der Waals surface area contributed by atoms with Gasteiger partial charge in [-0.2, -0.15) is 0 Å². The van der Waals surface area contributed by atoms with Crippen molar-refractivity contribution in [1.82, 2.24) is 19.8 Å². The van der Waals surface area contributed by atoms with Crippen LogP contribution in [0.4, 0.5) is 0 Å². The second-order valence-corrected chi connectivity index (χ2v) is 10.0. The number of rotatable bonds is 6. The zero-order valence-corrected chi connectivity index (χ0v) is 21.0. The highest BCUT2D eigenvalue weighted by Gasteiger charge is 2.27. The number of para-hydroxylation sites is 2. The van der Waals surface area contributed by atoms with Gasteiger partial charge in [0.2, 0.25) is 5.91 Å². The molecule has 2 heterocycles. The molecule has 1 aliphatic heterocycles. The fourth-order valence-corrected chi connectivity index (χ4v) is 5.13. The van der Waals surface area contributed by atoms with Crippen molar-refractivity contribution in [3.05, 3.63) is 94.2 Å². The smallest absolute Gasteiger partial charge is 0.224 e. The lowest BCUT2D eigenvalue weighted by Crippen LogP contribution is -2.42. The van der Waals surface area contributed by atoms with Gasteiger partial charge in [0, 0.05) is 23.2 Å². The van der Waals surface area contributed by atoms with E-state index in [-0.39, 0.29) is 11.8 Å². The summed E-state index contributed by atoms with van der Waals surface area (Å²) in [6.07, 6.45) is 1.94. The average Bonchev–Trinajstić information content (AvgIpc) is 3.21. The van der Waals surface area contributed by atoms with Crippen molar-refractivity contribution in [2.24, 2.45) is 5.92 Å². The Morgan fingerprint density at radius 2 is 1.91 bits per heavy atom. The summed E-state index contributed by atoms with van der Waals surface area (Å²) in [6, 6.07) is 24.9. The number of halogens is 1. The van der Waals surface area contributed by atoms with E-state index in [0.29, 0.717) is 13.1 Å². The highest BCUT2D eigenvalue weighted by atomic mass is 79.9. The van der Waals surface area contributed by atoms with Crippen LogP contribution >= 0.6 is 15.9 Å². The number of aromatic nitrogens is 2. The summed E-state index contributed by atoms with van der Waals surface area (Å²) in [5.41, 5.74) is 5.53. The van der Waals surface area contributed by atoms with E-state index >= 15 is 0 Å². The first kappa shape index (κ1) is 22.8. The number of carbonyl (C=O) groups excluding carboxylic acids is 1. The maximum Gasteiger partial charge on any atom is 0.224 e. The molecule has 5 rings (SSSR count). The fourth-order valence-electron chi connectivity index (χ4n) is 4.74. The molecular weight excluding hydrogens is 488 g/mol. The van der Waals surface area contributed by atoms with Crippen molar-refractivity contribution < 1.29 is 4.79 Å². The molecule has 3 aromatic carbocycles. The van der Waals surface area contributed by atoms with Gasteiger partial charge in [-0.1, -0.05) is 64.0 Å². The molecule has 5 nitrogen and oxygen atoms in total. The van der Waals surface area contributed by atoms with E-state index in [2.05, 4.69) is 92.2 Å². The molecule has 0 aliphatic carbocycles. The topological polar surface area (TPSA) is 50.2 Å². The molecule has 0 spiro atoms. The van der Waals surface area contributed by atoms with E-state index in [1.807, 2.05) is 18.2 Å². The zero-order valence-electron chi connectivity index (χ0n) is 19.4. The molecule has 174 valence electrons. The number of benzene rings is 3. The van der Waals surface area contributed by atoms with Crippen molar-refractivity contribution in [1.29, 1.82) is 0 Å². The number of amides is 1. The Bertz CT molecular complexity index is 1300. The molecule has 34 heavy (non-hydrogen) atoms. The van der Waals surface area contributed by atoms with E-state index in [4.69, 9.17) is 4.98 Å². The number of aryl methyl sites for hydroxylation is 1. The SMILES string of the molecule is Cc1ccc(CNC(=O)[C@@H]2CCCN(Cc3nc4ccccc4n3-c3cccc(Br)c3)C2)cc1. The first-order valence-electron chi connectivity index (χ1n) is 11.8. The lowest BCUT2D eigenvalue weighted by atomic mass is 9.97. The standard InChI is InChI=1S/C28H29BrN4O/c1-20-11-13-21(14-12-20)17-30-28(34)22-6-5-15-32(18-22)19-27-31-25-9-2-3-10-26(25)33(27)24-8-4-7-23(29)16-24/h2-4,7-14,16,22H,5-6,15,17-19H2,1H3,(H,30,34)/t22-/m1/s1. The lowest BCUT2D eigenvalue weighted by Gasteiger charge is -2.31. The van der Waals surface area contributed by atoms with Crippen molar-refractivity contribution in [2.45, 2.75) is 32.9 Å². The molecule has 1 amide bonds. The Kier molecular flexibility index (Phi) is 6.79. The zero-order chi connectivity index (χ0) is 23.5. The molecular formula is C28H29BrN4O. The Morgan fingerprint density at radius 3 is 2.74 bits per heavy atom. The van der Waals surface area contributed by atoms with Gasteiger partial charge in [-0.25, -0.2) is 4.98 Å². The summed E-state index contributed by atoms with van der Waals surface area (Å²) in [7, 11) is 0. The van der Waals surface area contributed by atoms with Crippen molar-refractivity contribution in [2.75, 3.05) is 13.1 Å². The van der Waals surface area contributed by atoms with Crippen LogP contribution < -0.4 is 5.32 Å². The molecule has 0 radical (unpaired) electrons. The Labute approximate surface area is 208 Å². The van der Waals surface area contributed by atoms with Gasteiger partial charge in [0.1, 0.15) is 5.82 Å². The van der Waals surface area contributed by atoms with E-state index in [1.165, 1.54) is 5.56 Å². The molecule has 1 fully saturated rings. The number of hydrogen-bond donors (Lipinski definition) is 1. The summed E-state index contributed by atoms with van der Waals surface area (Å²) < 4.78 is 3.28. The highest BCUT2D eigenvalue weighted by Crippen LogP contribution is 2.26. The predicted octanol–water partition coefficient (Wildman–Crippen LogP) is 5.62. The van der Waals surface area contributed by atoms with Gasteiger partial charge in [-0.15, -0.1) is 0 Å². The van der Waals surface area contributed by atoms with Crippen LogP contribution in [-0.2, 0) is 17.9 Å². The Balaban J connectivity index is 1.31. The van der Waals surface area contributed by atoms with Crippen LogP contribution in [0.15, 0.2) is 77.3 Å². The summed E-state index contributed by atoms with van der Waals surface area (Å²) in [6.45, 7) is 5.09. The third-order valence-electron chi connectivity index (χ3n) is 6.53. The minimum absolute atomic E-state index is 0.00268. The number of imidazole rings is 1. The summed E-state index contributed by atoms with van der Waals surface area (Å²) in [4.78, 5) is 20.3. The molecule has 4 aromatic rings. The maximum atomic E-state index is 12.9. The van der Waals surface area contributed by atoms with Gasteiger partial charge >= 0.3 is 0 Å². The van der Waals surface area contributed by atoms with Gasteiger partial charge in [-0.05, 0) is 62.2 Å². The van der Waals surface area contributed by atoms with Gasteiger partial charge in [-0.3, -0.25) is 14.3 Å². The van der Waals surface area contributed by atoms with Crippen molar-refractivity contribution in [3.63, 3.8) is 0 Å². The van der Waals surface area contributed by atoms with Crippen molar-refractivity contribution >= 4 is 32.9 Å². The fraction of sp³-hybridized carbons (Fsp3) is 0.286. The molecule has 0 unspecified atom stereocenters. The van der Waals surface area contributed by atoms with Gasteiger partial charge in [0.15, 0.2) is 0 Å². The number of likely N-dealkylation sites (tertiary alicyclic amines) is 1. The van der Waals surface area contributed by atoms with Crippen LogP contribution in [0.2, 0.25) is 0 Å². The van der Waals surface area contributed by atoms with E-state index in [1.54, 1.807) is 0 Å².